The number of esters is 1. The Hall–Kier alpha value is -1.86. The first-order chi connectivity index (χ1) is 8.77. The molecular formula is C12H16N2O4S. The summed E-state index contributed by atoms with van der Waals surface area (Å²) in [6.45, 7) is 5.43. The van der Waals surface area contributed by atoms with Crippen molar-refractivity contribution >= 4 is 21.7 Å². The molecule has 0 saturated carbocycles. The van der Waals surface area contributed by atoms with Gasteiger partial charge in [0, 0.05) is 6.54 Å². The molecule has 19 heavy (non-hydrogen) atoms. The highest BCUT2D eigenvalue weighted by Crippen LogP contribution is 2.20. The first kappa shape index (κ1) is 15.2. The van der Waals surface area contributed by atoms with Crippen molar-refractivity contribution in [3.8, 4) is 0 Å². The van der Waals surface area contributed by atoms with Crippen molar-refractivity contribution in [3.63, 3.8) is 0 Å². The molecule has 0 aliphatic rings. The van der Waals surface area contributed by atoms with Gasteiger partial charge in [0.2, 0.25) is 10.0 Å². The third kappa shape index (κ3) is 3.80. The van der Waals surface area contributed by atoms with E-state index in [2.05, 4.69) is 16.0 Å². The summed E-state index contributed by atoms with van der Waals surface area (Å²) < 4.78 is 30.8. The van der Waals surface area contributed by atoms with Crippen LogP contribution in [-0.4, -0.2) is 28.0 Å². The highest BCUT2D eigenvalue weighted by molar-refractivity contribution is 7.89. The Morgan fingerprint density at radius 2 is 2.11 bits per heavy atom. The van der Waals surface area contributed by atoms with Gasteiger partial charge in [-0.2, -0.15) is 0 Å². The van der Waals surface area contributed by atoms with Crippen molar-refractivity contribution in [1.29, 1.82) is 0 Å². The number of nitrogens with two attached hydrogens (primary N) is 1. The average Bonchev–Trinajstić information content (AvgIpc) is 2.35. The number of methoxy groups -OCH3 is 1. The van der Waals surface area contributed by atoms with Gasteiger partial charge in [0.1, 0.15) is 4.90 Å². The molecule has 0 aliphatic heterocycles. The number of carbonyl (C=O) groups excluding carboxylic acids is 1. The van der Waals surface area contributed by atoms with Crippen LogP contribution in [0, 0.1) is 0 Å². The SMILES string of the molecule is C=C(C)CNS(=O)(=O)c1ccc(C(=O)OC)cc1N. The Morgan fingerprint density at radius 3 is 2.58 bits per heavy atom. The van der Waals surface area contributed by atoms with Crippen LogP contribution in [0.1, 0.15) is 17.3 Å². The largest absolute Gasteiger partial charge is 0.465 e. The zero-order chi connectivity index (χ0) is 14.6. The first-order valence-corrected chi connectivity index (χ1v) is 6.88. The van der Waals surface area contributed by atoms with Crippen molar-refractivity contribution < 1.29 is 17.9 Å². The summed E-state index contributed by atoms with van der Waals surface area (Å²) >= 11 is 0. The second kappa shape index (κ2) is 5.85. The van der Waals surface area contributed by atoms with Gasteiger partial charge >= 0.3 is 5.97 Å². The van der Waals surface area contributed by atoms with Gasteiger partial charge in [0.05, 0.1) is 18.4 Å². The van der Waals surface area contributed by atoms with E-state index in [1.165, 1.54) is 25.3 Å². The molecular weight excluding hydrogens is 268 g/mol. The Bertz CT molecular complexity index is 608. The maximum Gasteiger partial charge on any atom is 0.337 e. The van der Waals surface area contributed by atoms with Crippen molar-refractivity contribution in [2.24, 2.45) is 0 Å². The summed E-state index contributed by atoms with van der Waals surface area (Å²) in [4.78, 5) is 11.2. The molecule has 7 heteroatoms. The molecule has 0 aromatic heterocycles. The van der Waals surface area contributed by atoms with Crippen molar-refractivity contribution in [1.82, 2.24) is 4.72 Å². The van der Waals surface area contributed by atoms with Gasteiger partial charge in [-0.3, -0.25) is 0 Å². The van der Waals surface area contributed by atoms with E-state index >= 15 is 0 Å². The minimum atomic E-state index is -3.72. The summed E-state index contributed by atoms with van der Waals surface area (Å²) in [6.07, 6.45) is 0. The van der Waals surface area contributed by atoms with E-state index in [4.69, 9.17) is 5.73 Å². The third-order valence-electron chi connectivity index (χ3n) is 2.28. The fourth-order valence-corrected chi connectivity index (χ4v) is 2.54. The zero-order valence-electron chi connectivity index (χ0n) is 10.8. The molecule has 1 rings (SSSR count). The minimum absolute atomic E-state index is 0.0166. The van der Waals surface area contributed by atoms with Gasteiger partial charge in [-0.25, -0.2) is 17.9 Å². The van der Waals surface area contributed by atoms with Crippen molar-refractivity contribution in [3.05, 3.63) is 35.9 Å². The molecule has 0 unspecified atom stereocenters. The molecule has 6 nitrogen and oxygen atoms in total. The molecule has 0 heterocycles. The van der Waals surface area contributed by atoms with Crippen LogP contribution in [0.15, 0.2) is 35.2 Å². The summed E-state index contributed by atoms with van der Waals surface area (Å²) in [5.41, 5.74) is 6.51. The molecule has 0 amide bonds. The highest BCUT2D eigenvalue weighted by Gasteiger charge is 2.18. The lowest BCUT2D eigenvalue weighted by Crippen LogP contribution is -2.26. The van der Waals surface area contributed by atoms with E-state index in [-0.39, 0.29) is 22.7 Å². The van der Waals surface area contributed by atoms with Crippen LogP contribution in [0.5, 0.6) is 0 Å². The van der Waals surface area contributed by atoms with Gasteiger partial charge in [-0.05, 0) is 25.1 Å². The topological polar surface area (TPSA) is 98.5 Å². The maximum absolute atomic E-state index is 12.0. The van der Waals surface area contributed by atoms with Gasteiger partial charge < -0.3 is 10.5 Å². The number of anilines is 1. The van der Waals surface area contributed by atoms with Crippen LogP contribution in [-0.2, 0) is 14.8 Å². The number of nitrogens with one attached hydrogen (secondary N) is 1. The summed E-state index contributed by atoms with van der Waals surface area (Å²) in [6, 6.07) is 3.88. The van der Waals surface area contributed by atoms with Gasteiger partial charge in [0.15, 0.2) is 0 Å². The van der Waals surface area contributed by atoms with Crippen LogP contribution in [0.25, 0.3) is 0 Å². The predicted octanol–water partition coefficient (Wildman–Crippen LogP) is 0.910. The van der Waals surface area contributed by atoms with E-state index in [0.717, 1.165) is 0 Å². The van der Waals surface area contributed by atoms with Gasteiger partial charge in [0.25, 0.3) is 0 Å². The lowest BCUT2D eigenvalue weighted by Gasteiger charge is -2.10. The first-order valence-electron chi connectivity index (χ1n) is 5.40. The fourth-order valence-electron chi connectivity index (χ4n) is 1.33. The average molecular weight is 284 g/mol. The Kier molecular flexibility index (Phi) is 4.68. The van der Waals surface area contributed by atoms with E-state index in [1.807, 2.05) is 0 Å². The standard InChI is InChI=1S/C12H16N2O4S/c1-8(2)7-14-19(16,17)11-5-4-9(6-10(11)13)12(15)18-3/h4-6,14H,1,7,13H2,2-3H3. The van der Waals surface area contributed by atoms with Crippen molar-refractivity contribution in [2.75, 3.05) is 19.4 Å². The molecule has 0 radical (unpaired) electrons. The van der Waals surface area contributed by atoms with Gasteiger partial charge in [-0.15, -0.1) is 0 Å². The molecule has 0 atom stereocenters. The Balaban J connectivity index is 3.08. The smallest absolute Gasteiger partial charge is 0.337 e. The van der Waals surface area contributed by atoms with E-state index in [0.29, 0.717) is 5.57 Å². The minimum Gasteiger partial charge on any atom is -0.465 e. The maximum atomic E-state index is 12.0. The second-order valence-corrected chi connectivity index (χ2v) is 5.76. The molecule has 104 valence electrons. The summed E-state index contributed by atoms with van der Waals surface area (Å²) in [5, 5.41) is 0. The molecule has 0 bridgehead atoms. The van der Waals surface area contributed by atoms with Crippen LogP contribution < -0.4 is 10.5 Å². The molecule has 0 fully saturated rings. The number of carbonyl (C=O) groups is 1. The van der Waals surface area contributed by atoms with Crippen LogP contribution >= 0.6 is 0 Å². The lowest BCUT2D eigenvalue weighted by atomic mass is 10.2. The summed E-state index contributed by atoms with van der Waals surface area (Å²) in [7, 11) is -2.49. The second-order valence-electron chi connectivity index (χ2n) is 4.03. The fraction of sp³-hybridized carbons (Fsp3) is 0.250. The van der Waals surface area contributed by atoms with Crippen LogP contribution in [0.3, 0.4) is 0 Å². The number of hydrogen-bond donors (Lipinski definition) is 2. The number of hydrogen-bond acceptors (Lipinski definition) is 5. The number of ether oxygens (including phenoxy) is 1. The van der Waals surface area contributed by atoms with E-state index in [9.17, 15) is 13.2 Å². The monoisotopic (exact) mass is 284 g/mol. The third-order valence-corrected chi connectivity index (χ3v) is 3.76. The molecule has 3 N–H and O–H groups in total. The Labute approximate surface area is 112 Å². The molecule has 0 aliphatic carbocycles. The van der Waals surface area contributed by atoms with Gasteiger partial charge in [-0.1, -0.05) is 12.2 Å². The zero-order valence-corrected chi connectivity index (χ0v) is 11.6. The van der Waals surface area contributed by atoms with Crippen molar-refractivity contribution in [2.45, 2.75) is 11.8 Å². The highest BCUT2D eigenvalue weighted by atomic mass is 32.2. The quantitative estimate of drug-likeness (QED) is 0.476. The van der Waals surface area contributed by atoms with E-state index in [1.54, 1.807) is 6.92 Å². The predicted molar refractivity (Wildman–Crippen MR) is 72.2 cm³/mol. The van der Waals surface area contributed by atoms with Crippen LogP contribution in [0.2, 0.25) is 0 Å². The number of benzene rings is 1. The normalized spacial score (nSPS) is 11.1. The molecule has 1 aromatic carbocycles. The van der Waals surface area contributed by atoms with E-state index < -0.39 is 16.0 Å². The number of nitrogen functional groups attached to an aromatic ring is 1. The molecule has 1 aromatic rings. The summed E-state index contributed by atoms with van der Waals surface area (Å²) in [5.74, 6) is -0.578. The Morgan fingerprint density at radius 1 is 1.47 bits per heavy atom. The molecule has 0 spiro atoms. The lowest BCUT2D eigenvalue weighted by molar-refractivity contribution is 0.0600. The number of sulfonamides is 1. The molecule has 0 saturated heterocycles. The number of rotatable bonds is 5. The van der Waals surface area contributed by atoms with Crippen LogP contribution in [0.4, 0.5) is 5.69 Å².